The van der Waals surface area contributed by atoms with Gasteiger partial charge >= 0.3 is 0 Å². The Morgan fingerprint density at radius 1 is 1.55 bits per heavy atom. The lowest BCUT2D eigenvalue weighted by molar-refractivity contribution is -0.0165. The molecule has 20 heavy (non-hydrogen) atoms. The summed E-state index contributed by atoms with van der Waals surface area (Å²) in [5.74, 6) is 0. The quantitative estimate of drug-likeness (QED) is 0.746. The van der Waals surface area contributed by atoms with Crippen molar-refractivity contribution in [2.24, 2.45) is 7.05 Å². The van der Waals surface area contributed by atoms with Gasteiger partial charge in [0.05, 0.1) is 25.4 Å². The van der Waals surface area contributed by atoms with Crippen LogP contribution in [0.4, 0.5) is 0 Å². The van der Waals surface area contributed by atoms with Crippen molar-refractivity contribution >= 4 is 0 Å². The topological polar surface area (TPSA) is 55.6 Å². The summed E-state index contributed by atoms with van der Waals surface area (Å²) in [6, 6.07) is 4.20. The minimum atomic E-state index is -0.474. The number of aromatic nitrogens is 1. The van der Waals surface area contributed by atoms with Crippen LogP contribution in [0, 0.1) is 6.92 Å². The molecule has 5 heteroatoms. The highest BCUT2D eigenvalue weighted by molar-refractivity contribution is 5.14. The summed E-state index contributed by atoms with van der Waals surface area (Å²) in [5.41, 5.74) is 2.46. The van der Waals surface area contributed by atoms with Crippen LogP contribution in [0.5, 0.6) is 0 Å². The maximum atomic E-state index is 9.84. The summed E-state index contributed by atoms with van der Waals surface area (Å²) < 4.78 is 13.1. The van der Waals surface area contributed by atoms with Crippen molar-refractivity contribution in [3.63, 3.8) is 0 Å². The number of ether oxygens (including phenoxy) is 2. The SMILES string of the molecule is Cc1ccc(CNC[C@@H](O)COC[C@H]2CCCO2)n1C. The molecular weight excluding hydrogens is 256 g/mol. The number of aliphatic hydroxyl groups excluding tert-OH is 1. The second-order valence-electron chi connectivity index (χ2n) is 5.48. The molecule has 0 aromatic carbocycles. The second-order valence-corrected chi connectivity index (χ2v) is 5.48. The van der Waals surface area contributed by atoms with E-state index in [0.717, 1.165) is 26.0 Å². The van der Waals surface area contributed by atoms with Gasteiger partial charge in [0, 0.05) is 38.1 Å². The van der Waals surface area contributed by atoms with E-state index < -0.39 is 6.10 Å². The minimum Gasteiger partial charge on any atom is -0.389 e. The lowest BCUT2D eigenvalue weighted by Crippen LogP contribution is -2.31. The molecule has 0 bridgehead atoms. The largest absolute Gasteiger partial charge is 0.389 e. The van der Waals surface area contributed by atoms with Gasteiger partial charge in [-0.25, -0.2) is 0 Å². The van der Waals surface area contributed by atoms with Crippen molar-refractivity contribution in [2.75, 3.05) is 26.4 Å². The molecule has 0 radical (unpaired) electrons. The molecule has 5 nitrogen and oxygen atoms in total. The zero-order chi connectivity index (χ0) is 14.4. The molecular formula is C15H26N2O3. The molecule has 2 rings (SSSR count). The van der Waals surface area contributed by atoms with E-state index in [-0.39, 0.29) is 6.10 Å². The van der Waals surface area contributed by atoms with Gasteiger partial charge in [0.15, 0.2) is 0 Å². The molecule has 0 unspecified atom stereocenters. The first kappa shape index (κ1) is 15.5. The van der Waals surface area contributed by atoms with Gasteiger partial charge in [0.1, 0.15) is 0 Å². The third-order valence-corrected chi connectivity index (χ3v) is 3.80. The van der Waals surface area contributed by atoms with Gasteiger partial charge < -0.3 is 24.5 Å². The zero-order valence-corrected chi connectivity index (χ0v) is 12.5. The van der Waals surface area contributed by atoms with Crippen molar-refractivity contribution in [1.29, 1.82) is 0 Å². The van der Waals surface area contributed by atoms with E-state index in [1.807, 2.05) is 7.05 Å². The highest BCUT2D eigenvalue weighted by atomic mass is 16.5. The van der Waals surface area contributed by atoms with Crippen LogP contribution in [0.2, 0.25) is 0 Å². The minimum absolute atomic E-state index is 0.224. The smallest absolute Gasteiger partial charge is 0.0897 e. The zero-order valence-electron chi connectivity index (χ0n) is 12.5. The Hall–Kier alpha value is -0.880. The van der Waals surface area contributed by atoms with Crippen LogP contribution in [0.15, 0.2) is 12.1 Å². The predicted octanol–water partition coefficient (Wildman–Crippen LogP) is 0.980. The predicted molar refractivity (Wildman–Crippen MR) is 77.7 cm³/mol. The van der Waals surface area contributed by atoms with Crippen LogP contribution in [-0.4, -0.2) is 48.2 Å². The Labute approximate surface area is 120 Å². The van der Waals surface area contributed by atoms with Crippen molar-refractivity contribution in [3.8, 4) is 0 Å². The molecule has 1 fully saturated rings. The molecule has 0 spiro atoms. The van der Waals surface area contributed by atoms with E-state index in [0.29, 0.717) is 19.8 Å². The Bertz CT molecular complexity index is 400. The van der Waals surface area contributed by atoms with Crippen molar-refractivity contribution < 1.29 is 14.6 Å². The van der Waals surface area contributed by atoms with Gasteiger partial charge in [-0.15, -0.1) is 0 Å². The summed E-state index contributed by atoms with van der Waals surface area (Å²) in [6.45, 7) is 5.17. The van der Waals surface area contributed by atoms with Crippen LogP contribution in [0.25, 0.3) is 0 Å². The van der Waals surface area contributed by atoms with Crippen molar-refractivity contribution in [2.45, 2.75) is 38.5 Å². The third kappa shape index (κ3) is 4.59. The molecule has 1 aromatic rings. The molecule has 0 amide bonds. The number of rotatable bonds is 8. The van der Waals surface area contributed by atoms with Gasteiger partial charge in [0.2, 0.25) is 0 Å². The molecule has 2 atom stereocenters. The maximum absolute atomic E-state index is 9.84. The van der Waals surface area contributed by atoms with E-state index in [1.54, 1.807) is 0 Å². The molecule has 114 valence electrons. The molecule has 0 aliphatic carbocycles. The molecule has 2 N–H and O–H groups in total. The fraction of sp³-hybridized carbons (Fsp3) is 0.733. The van der Waals surface area contributed by atoms with E-state index >= 15 is 0 Å². The van der Waals surface area contributed by atoms with Crippen molar-refractivity contribution in [3.05, 3.63) is 23.5 Å². The fourth-order valence-corrected chi connectivity index (χ4v) is 2.38. The molecule has 1 aliphatic rings. The van der Waals surface area contributed by atoms with Gasteiger partial charge in [-0.05, 0) is 31.9 Å². The summed E-state index contributed by atoms with van der Waals surface area (Å²) in [4.78, 5) is 0. The van der Waals surface area contributed by atoms with Crippen LogP contribution in [0.3, 0.4) is 0 Å². The van der Waals surface area contributed by atoms with Crippen LogP contribution in [0.1, 0.15) is 24.2 Å². The van der Waals surface area contributed by atoms with Crippen LogP contribution in [-0.2, 0) is 23.1 Å². The van der Waals surface area contributed by atoms with Gasteiger partial charge in [0.25, 0.3) is 0 Å². The highest BCUT2D eigenvalue weighted by Gasteiger charge is 2.16. The highest BCUT2D eigenvalue weighted by Crippen LogP contribution is 2.11. The van der Waals surface area contributed by atoms with Crippen molar-refractivity contribution in [1.82, 2.24) is 9.88 Å². The number of hydrogen-bond acceptors (Lipinski definition) is 4. The number of nitrogens with zero attached hydrogens (tertiary/aromatic N) is 1. The number of nitrogens with one attached hydrogen (secondary N) is 1. The maximum Gasteiger partial charge on any atom is 0.0897 e. The molecule has 1 aliphatic heterocycles. The fourth-order valence-electron chi connectivity index (χ4n) is 2.38. The molecule has 1 saturated heterocycles. The first-order valence-electron chi connectivity index (χ1n) is 7.36. The van der Waals surface area contributed by atoms with E-state index in [9.17, 15) is 5.11 Å². The number of aliphatic hydroxyl groups is 1. The van der Waals surface area contributed by atoms with E-state index in [4.69, 9.17) is 9.47 Å². The summed E-state index contributed by atoms with van der Waals surface area (Å²) in [6.07, 6.45) is 1.94. The molecule has 0 saturated carbocycles. The Balaban J connectivity index is 1.55. The summed E-state index contributed by atoms with van der Waals surface area (Å²) in [5, 5.41) is 13.1. The average Bonchev–Trinajstić information content (AvgIpc) is 3.04. The second kappa shape index (κ2) is 7.78. The summed E-state index contributed by atoms with van der Waals surface area (Å²) in [7, 11) is 2.05. The Kier molecular flexibility index (Phi) is 6.04. The van der Waals surface area contributed by atoms with Crippen LogP contribution >= 0.6 is 0 Å². The number of hydrogen-bond donors (Lipinski definition) is 2. The lowest BCUT2D eigenvalue weighted by Gasteiger charge is -2.15. The van der Waals surface area contributed by atoms with E-state index in [2.05, 4.69) is 28.9 Å². The van der Waals surface area contributed by atoms with Crippen LogP contribution < -0.4 is 5.32 Å². The van der Waals surface area contributed by atoms with Gasteiger partial charge in [-0.1, -0.05) is 0 Å². The standard InChI is InChI=1S/C15H26N2O3/c1-12-5-6-13(17(12)2)8-16-9-14(18)10-19-11-15-4-3-7-20-15/h5-6,14-16,18H,3-4,7-11H2,1-2H3/t14-,15-/m1/s1. The molecule has 2 heterocycles. The van der Waals surface area contributed by atoms with Gasteiger partial charge in [-0.2, -0.15) is 0 Å². The van der Waals surface area contributed by atoms with E-state index in [1.165, 1.54) is 11.4 Å². The third-order valence-electron chi connectivity index (χ3n) is 3.80. The lowest BCUT2D eigenvalue weighted by atomic mass is 10.2. The first-order valence-corrected chi connectivity index (χ1v) is 7.36. The Morgan fingerprint density at radius 2 is 2.40 bits per heavy atom. The normalized spacial score (nSPS) is 20.4. The summed E-state index contributed by atoms with van der Waals surface area (Å²) >= 11 is 0. The monoisotopic (exact) mass is 282 g/mol. The molecule has 1 aromatic heterocycles. The Morgan fingerprint density at radius 3 is 3.05 bits per heavy atom. The average molecular weight is 282 g/mol. The van der Waals surface area contributed by atoms with Gasteiger partial charge in [-0.3, -0.25) is 0 Å². The first-order chi connectivity index (χ1) is 9.66. The number of aryl methyl sites for hydroxylation is 1.